The summed E-state index contributed by atoms with van der Waals surface area (Å²) in [6.07, 6.45) is -0.601. The van der Waals surface area contributed by atoms with Gasteiger partial charge in [0.25, 0.3) is 5.91 Å². The van der Waals surface area contributed by atoms with Gasteiger partial charge in [-0.25, -0.2) is 0 Å². The second-order valence-electron chi connectivity index (χ2n) is 4.75. The number of nitrogens with zero attached hydrogens (tertiary/aromatic N) is 1. The van der Waals surface area contributed by atoms with E-state index in [2.05, 4.69) is 5.32 Å². The first kappa shape index (κ1) is 15.5. The van der Waals surface area contributed by atoms with E-state index in [9.17, 15) is 9.90 Å². The Morgan fingerprint density at radius 1 is 1.32 bits per heavy atom. The van der Waals surface area contributed by atoms with Crippen LogP contribution in [0.3, 0.4) is 0 Å². The fourth-order valence-electron chi connectivity index (χ4n) is 1.90. The normalized spacial score (nSPS) is 11.3. The molecule has 0 saturated carbocycles. The Labute approximate surface area is 128 Å². The van der Waals surface area contributed by atoms with Crippen molar-refractivity contribution in [3.05, 3.63) is 59.7 Å². The number of nitrogens with one attached hydrogen (secondary N) is 1. The molecule has 0 unspecified atom stereocenters. The molecule has 0 radical (unpaired) electrons. The molecule has 0 bridgehead atoms. The van der Waals surface area contributed by atoms with Gasteiger partial charge in [-0.2, -0.15) is 5.26 Å². The van der Waals surface area contributed by atoms with Crippen molar-refractivity contribution in [2.45, 2.75) is 13.0 Å². The first-order valence-corrected chi connectivity index (χ1v) is 6.80. The third-order valence-corrected chi connectivity index (χ3v) is 3.02. The molecular formula is C17H16N2O3. The molecule has 1 atom stereocenters. The zero-order valence-corrected chi connectivity index (χ0v) is 12.1. The summed E-state index contributed by atoms with van der Waals surface area (Å²) >= 11 is 0. The summed E-state index contributed by atoms with van der Waals surface area (Å²) in [5.74, 6) is 0.0355. The molecule has 0 aromatic heterocycles. The van der Waals surface area contributed by atoms with E-state index in [1.807, 2.05) is 6.07 Å². The number of aliphatic hydroxyl groups is 1. The maximum atomic E-state index is 11.9. The van der Waals surface area contributed by atoms with E-state index in [1.54, 1.807) is 55.5 Å². The Morgan fingerprint density at radius 3 is 2.82 bits per heavy atom. The smallest absolute Gasteiger partial charge is 0.262 e. The summed E-state index contributed by atoms with van der Waals surface area (Å²) in [5.41, 5.74) is 1.68. The fourth-order valence-corrected chi connectivity index (χ4v) is 1.90. The highest BCUT2D eigenvalue weighted by atomic mass is 16.5. The summed E-state index contributed by atoms with van der Waals surface area (Å²) in [5, 5.41) is 21.2. The average Bonchev–Trinajstić information content (AvgIpc) is 2.53. The van der Waals surface area contributed by atoms with Gasteiger partial charge in [0.05, 0.1) is 11.7 Å². The summed E-state index contributed by atoms with van der Waals surface area (Å²) < 4.78 is 5.36. The molecule has 0 aliphatic rings. The van der Waals surface area contributed by atoms with Crippen LogP contribution in [0.15, 0.2) is 48.5 Å². The van der Waals surface area contributed by atoms with Crippen LogP contribution in [0, 0.1) is 11.3 Å². The molecule has 0 fully saturated rings. The van der Waals surface area contributed by atoms with Gasteiger partial charge < -0.3 is 15.2 Å². The minimum absolute atomic E-state index is 0.197. The van der Waals surface area contributed by atoms with E-state index < -0.39 is 6.10 Å². The van der Waals surface area contributed by atoms with Crippen LogP contribution in [0.4, 0.5) is 5.69 Å². The number of nitriles is 1. The van der Waals surface area contributed by atoms with Crippen LogP contribution in [0.1, 0.15) is 24.2 Å². The molecule has 2 N–H and O–H groups in total. The molecule has 22 heavy (non-hydrogen) atoms. The van der Waals surface area contributed by atoms with E-state index in [1.165, 1.54) is 0 Å². The van der Waals surface area contributed by atoms with Crippen molar-refractivity contribution in [2.75, 3.05) is 11.9 Å². The van der Waals surface area contributed by atoms with Gasteiger partial charge in [-0.05, 0) is 36.8 Å². The SMILES string of the molecule is C[C@H](O)c1cccc(NC(=O)COc2ccccc2C#N)c1. The van der Waals surface area contributed by atoms with Gasteiger partial charge in [-0.1, -0.05) is 24.3 Å². The van der Waals surface area contributed by atoms with Gasteiger partial charge >= 0.3 is 0 Å². The number of amides is 1. The van der Waals surface area contributed by atoms with E-state index in [0.29, 0.717) is 22.6 Å². The van der Waals surface area contributed by atoms with Crippen molar-refractivity contribution < 1.29 is 14.6 Å². The van der Waals surface area contributed by atoms with Crippen molar-refractivity contribution >= 4 is 11.6 Å². The highest BCUT2D eigenvalue weighted by molar-refractivity contribution is 5.92. The lowest BCUT2D eigenvalue weighted by atomic mass is 10.1. The average molecular weight is 296 g/mol. The minimum atomic E-state index is -0.601. The number of ether oxygens (including phenoxy) is 1. The third kappa shape index (κ3) is 4.08. The molecular weight excluding hydrogens is 280 g/mol. The lowest BCUT2D eigenvalue weighted by Crippen LogP contribution is -2.20. The van der Waals surface area contributed by atoms with E-state index in [0.717, 1.165) is 0 Å². The van der Waals surface area contributed by atoms with Crippen LogP contribution < -0.4 is 10.1 Å². The van der Waals surface area contributed by atoms with Gasteiger partial charge in [-0.3, -0.25) is 4.79 Å². The topological polar surface area (TPSA) is 82.3 Å². The molecule has 0 aliphatic heterocycles. The van der Waals surface area contributed by atoms with E-state index in [-0.39, 0.29) is 12.5 Å². The molecule has 1 amide bonds. The monoisotopic (exact) mass is 296 g/mol. The standard InChI is InChI=1S/C17H16N2O3/c1-12(20)13-6-4-7-15(9-13)19-17(21)11-22-16-8-3-2-5-14(16)10-18/h2-9,12,20H,11H2,1H3,(H,19,21)/t12-/m0/s1. The van der Waals surface area contributed by atoms with Crippen molar-refractivity contribution in [2.24, 2.45) is 0 Å². The van der Waals surface area contributed by atoms with Gasteiger partial charge in [0, 0.05) is 5.69 Å². The molecule has 0 heterocycles. The van der Waals surface area contributed by atoms with E-state index in [4.69, 9.17) is 10.00 Å². The predicted octanol–water partition coefficient (Wildman–Crippen LogP) is 2.63. The largest absolute Gasteiger partial charge is 0.482 e. The van der Waals surface area contributed by atoms with Crippen LogP contribution in [0.5, 0.6) is 5.75 Å². The Morgan fingerprint density at radius 2 is 2.09 bits per heavy atom. The number of benzene rings is 2. The summed E-state index contributed by atoms with van der Waals surface area (Å²) in [4.78, 5) is 11.9. The van der Waals surface area contributed by atoms with Crippen LogP contribution in [-0.2, 0) is 4.79 Å². The lowest BCUT2D eigenvalue weighted by Gasteiger charge is -2.10. The maximum Gasteiger partial charge on any atom is 0.262 e. The Balaban J connectivity index is 1.96. The van der Waals surface area contributed by atoms with Crippen LogP contribution in [0.2, 0.25) is 0 Å². The predicted molar refractivity (Wildman–Crippen MR) is 82.4 cm³/mol. The van der Waals surface area contributed by atoms with E-state index >= 15 is 0 Å². The van der Waals surface area contributed by atoms with Crippen molar-refractivity contribution in [1.29, 1.82) is 5.26 Å². The summed E-state index contributed by atoms with van der Waals surface area (Å²) in [7, 11) is 0. The van der Waals surface area contributed by atoms with Crippen molar-refractivity contribution in [3.63, 3.8) is 0 Å². The molecule has 0 spiro atoms. The first-order chi connectivity index (χ1) is 10.6. The number of para-hydroxylation sites is 1. The molecule has 112 valence electrons. The van der Waals surface area contributed by atoms with Crippen molar-refractivity contribution in [1.82, 2.24) is 0 Å². The molecule has 2 aromatic rings. The summed E-state index contributed by atoms with van der Waals surface area (Å²) in [6, 6.07) is 15.7. The third-order valence-electron chi connectivity index (χ3n) is 3.02. The Kier molecular flexibility index (Phi) is 5.12. The van der Waals surface area contributed by atoms with Gasteiger partial charge in [0.2, 0.25) is 0 Å². The van der Waals surface area contributed by atoms with Gasteiger partial charge in [-0.15, -0.1) is 0 Å². The summed E-state index contributed by atoms with van der Waals surface area (Å²) in [6.45, 7) is 1.46. The number of aliphatic hydroxyl groups excluding tert-OH is 1. The number of carbonyl (C=O) groups is 1. The number of anilines is 1. The number of carbonyl (C=O) groups excluding carboxylic acids is 1. The Bertz CT molecular complexity index is 705. The molecule has 0 aliphatic carbocycles. The Hall–Kier alpha value is -2.84. The van der Waals surface area contributed by atoms with Gasteiger partial charge in [0.15, 0.2) is 6.61 Å². The van der Waals surface area contributed by atoms with Crippen LogP contribution >= 0.6 is 0 Å². The quantitative estimate of drug-likeness (QED) is 0.888. The molecule has 5 nitrogen and oxygen atoms in total. The maximum absolute atomic E-state index is 11.9. The molecule has 0 saturated heterocycles. The minimum Gasteiger partial charge on any atom is -0.482 e. The molecule has 2 rings (SSSR count). The highest BCUT2D eigenvalue weighted by Crippen LogP contribution is 2.18. The van der Waals surface area contributed by atoms with Gasteiger partial charge in [0.1, 0.15) is 11.8 Å². The van der Waals surface area contributed by atoms with Crippen molar-refractivity contribution in [3.8, 4) is 11.8 Å². The molecule has 5 heteroatoms. The molecule has 2 aromatic carbocycles. The number of hydrogen-bond donors (Lipinski definition) is 2. The second kappa shape index (κ2) is 7.25. The second-order valence-corrected chi connectivity index (χ2v) is 4.75. The zero-order chi connectivity index (χ0) is 15.9. The first-order valence-electron chi connectivity index (χ1n) is 6.80. The van der Waals surface area contributed by atoms with Crippen LogP contribution in [0.25, 0.3) is 0 Å². The lowest BCUT2D eigenvalue weighted by molar-refractivity contribution is -0.118. The van der Waals surface area contributed by atoms with Crippen LogP contribution in [-0.4, -0.2) is 17.6 Å². The number of hydrogen-bond acceptors (Lipinski definition) is 4. The highest BCUT2D eigenvalue weighted by Gasteiger charge is 2.08. The number of rotatable bonds is 5. The zero-order valence-electron chi connectivity index (χ0n) is 12.1. The fraction of sp³-hybridized carbons (Fsp3) is 0.176.